The summed E-state index contributed by atoms with van der Waals surface area (Å²) in [6.45, 7) is 2.34. The van der Waals surface area contributed by atoms with Crippen LogP contribution in [0.15, 0.2) is 16.9 Å². The van der Waals surface area contributed by atoms with E-state index in [-0.39, 0.29) is 22.5 Å². The molecule has 0 saturated heterocycles. The van der Waals surface area contributed by atoms with Crippen LogP contribution in [0.5, 0.6) is 0 Å². The smallest absolute Gasteiger partial charge is 0.271 e. The summed E-state index contributed by atoms with van der Waals surface area (Å²) >= 11 is 5.71. The van der Waals surface area contributed by atoms with Crippen molar-refractivity contribution in [3.8, 4) is 0 Å². The van der Waals surface area contributed by atoms with E-state index in [4.69, 9.17) is 11.6 Å². The van der Waals surface area contributed by atoms with Crippen LogP contribution in [0.25, 0.3) is 0 Å². The SMILES string of the molecule is CC(Cl)CCNC(=O)c1ccc(=O)[nH]n1. The van der Waals surface area contributed by atoms with Gasteiger partial charge in [0.1, 0.15) is 5.69 Å². The number of aromatic nitrogens is 2. The van der Waals surface area contributed by atoms with Crippen molar-refractivity contribution >= 4 is 17.5 Å². The summed E-state index contributed by atoms with van der Waals surface area (Å²) in [7, 11) is 0. The highest BCUT2D eigenvalue weighted by Crippen LogP contribution is 1.98. The van der Waals surface area contributed by atoms with E-state index >= 15 is 0 Å². The molecule has 15 heavy (non-hydrogen) atoms. The first-order valence-corrected chi connectivity index (χ1v) is 5.01. The summed E-state index contributed by atoms with van der Waals surface area (Å²) in [4.78, 5) is 22.1. The minimum Gasteiger partial charge on any atom is -0.351 e. The highest BCUT2D eigenvalue weighted by molar-refractivity contribution is 6.20. The van der Waals surface area contributed by atoms with Crippen molar-refractivity contribution in [2.45, 2.75) is 18.7 Å². The van der Waals surface area contributed by atoms with Gasteiger partial charge in [-0.25, -0.2) is 5.10 Å². The lowest BCUT2D eigenvalue weighted by Gasteiger charge is -2.04. The summed E-state index contributed by atoms with van der Waals surface area (Å²) in [6.07, 6.45) is 0.691. The van der Waals surface area contributed by atoms with Crippen LogP contribution >= 0.6 is 11.6 Å². The van der Waals surface area contributed by atoms with Gasteiger partial charge in [-0.3, -0.25) is 9.59 Å². The number of hydrogen-bond acceptors (Lipinski definition) is 3. The van der Waals surface area contributed by atoms with Crippen LogP contribution < -0.4 is 10.9 Å². The Morgan fingerprint density at radius 2 is 2.40 bits per heavy atom. The van der Waals surface area contributed by atoms with E-state index in [2.05, 4.69) is 15.5 Å². The molecule has 1 aromatic heterocycles. The van der Waals surface area contributed by atoms with Gasteiger partial charge < -0.3 is 5.32 Å². The quantitative estimate of drug-likeness (QED) is 0.739. The molecule has 6 heteroatoms. The fourth-order valence-electron chi connectivity index (χ4n) is 0.946. The average molecular weight is 230 g/mol. The molecule has 1 amide bonds. The number of carbonyl (C=O) groups excluding carboxylic acids is 1. The lowest BCUT2D eigenvalue weighted by atomic mass is 10.3. The number of alkyl halides is 1. The molecule has 1 rings (SSSR count). The van der Waals surface area contributed by atoms with Gasteiger partial charge in [-0.2, -0.15) is 5.10 Å². The number of amides is 1. The predicted molar refractivity (Wildman–Crippen MR) is 57.1 cm³/mol. The highest BCUT2D eigenvalue weighted by Gasteiger charge is 2.06. The Morgan fingerprint density at radius 3 is 2.93 bits per heavy atom. The number of carbonyl (C=O) groups is 1. The molecule has 0 aliphatic heterocycles. The molecule has 0 aromatic carbocycles. The lowest BCUT2D eigenvalue weighted by Crippen LogP contribution is -2.27. The number of hydrogen-bond donors (Lipinski definition) is 2. The van der Waals surface area contributed by atoms with E-state index in [9.17, 15) is 9.59 Å². The second-order valence-electron chi connectivity index (χ2n) is 3.13. The number of nitrogens with zero attached hydrogens (tertiary/aromatic N) is 1. The normalized spacial score (nSPS) is 12.1. The zero-order valence-electron chi connectivity index (χ0n) is 8.29. The number of rotatable bonds is 4. The minimum atomic E-state index is -0.332. The van der Waals surface area contributed by atoms with Gasteiger partial charge in [-0.05, 0) is 19.4 Å². The maximum absolute atomic E-state index is 11.4. The topological polar surface area (TPSA) is 74.8 Å². The standard InChI is InChI=1S/C9H12ClN3O2/c1-6(10)4-5-11-9(15)7-2-3-8(14)13-12-7/h2-3,6H,4-5H2,1H3,(H,11,15)(H,13,14). The summed E-state index contributed by atoms with van der Waals surface area (Å²) in [5.41, 5.74) is -0.141. The Hall–Kier alpha value is -1.36. The van der Waals surface area contributed by atoms with Crippen LogP contribution in [0, 0.1) is 0 Å². The molecular weight excluding hydrogens is 218 g/mol. The molecule has 0 fully saturated rings. The number of H-pyrrole nitrogens is 1. The van der Waals surface area contributed by atoms with Gasteiger partial charge >= 0.3 is 0 Å². The lowest BCUT2D eigenvalue weighted by molar-refractivity contribution is 0.0947. The van der Waals surface area contributed by atoms with Crippen molar-refractivity contribution in [2.24, 2.45) is 0 Å². The van der Waals surface area contributed by atoms with Crippen LogP contribution in [0.1, 0.15) is 23.8 Å². The highest BCUT2D eigenvalue weighted by atomic mass is 35.5. The van der Waals surface area contributed by atoms with Crippen molar-refractivity contribution in [1.29, 1.82) is 0 Å². The van der Waals surface area contributed by atoms with Crippen molar-refractivity contribution in [3.63, 3.8) is 0 Å². The summed E-state index contributed by atoms with van der Waals surface area (Å²) in [6, 6.07) is 2.63. The monoisotopic (exact) mass is 229 g/mol. The van der Waals surface area contributed by atoms with Crippen molar-refractivity contribution < 1.29 is 4.79 Å². The average Bonchev–Trinajstić information content (AvgIpc) is 2.18. The molecule has 0 aliphatic carbocycles. The van der Waals surface area contributed by atoms with Crippen molar-refractivity contribution in [3.05, 3.63) is 28.2 Å². The largest absolute Gasteiger partial charge is 0.351 e. The van der Waals surface area contributed by atoms with E-state index in [1.807, 2.05) is 6.92 Å². The first-order valence-electron chi connectivity index (χ1n) is 4.57. The fourth-order valence-corrected chi connectivity index (χ4v) is 1.06. The van der Waals surface area contributed by atoms with Crippen LogP contribution in [0.3, 0.4) is 0 Å². The summed E-state index contributed by atoms with van der Waals surface area (Å²) < 4.78 is 0. The van der Waals surface area contributed by atoms with E-state index < -0.39 is 0 Å². The third kappa shape index (κ3) is 4.12. The first-order chi connectivity index (χ1) is 7.09. The Bertz CT molecular complexity index is 369. The van der Waals surface area contributed by atoms with Crippen LogP contribution in [0.4, 0.5) is 0 Å². The molecular formula is C9H12ClN3O2. The Kier molecular flexibility index (Phi) is 4.30. The van der Waals surface area contributed by atoms with Crippen LogP contribution in [-0.4, -0.2) is 28.0 Å². The van der Waals surface area contributed by atoms with E-state index in [0.29, 0.717) is 13.0 Å². The molecule has 0 spiro atoms. The number of aromatic amines is 1. The number of nitrogens with one attached hydrogen (secondary N) is 2. The van der Waals surface area contributed by atoms with E-state index in [1.54, 1.807) is 0 Å². The molecule has 82 valence electrons. The zero-order chi connectivity index (χ0) is 11.3. The summed E-state index contributed by atoms with van der Waals surface area (Å²) in [5, 5.41) is 8.44. The molecule has 2 N–H and O–H groups in total. The molecule has 1 atom stereocenters. The molecule has 0 aliphatic rings. The third-order valence-corrected chi connectivity index (χ3v) is 1.96. The van der Waals surface area contributed by atoms with Gasteiger partial charge in [0.05, 0.1) is 0 Å². The molecule has 1 aromatic rings. The van der Waals surface area contributed by atoms with E-state index in [1.165, 1.54) is 12.1 Å². The molecule has 0 bridgehead atoms. The van der Waals surface area contributed by atoms with Crippen molar-refractivity contribution in [2.75, 3.05) is 6.54 Å². The first kappa shape index (κ1) is 11.7. The molecule has 1 unspecified atom stereocenters. The predicted octanol–water partition coefficient (Wildman–Crippen LogP) is 0.517. The second-order valence-corrected chi connectivity index (χ2v) is 3.88. The third-order valence-electron chi connectivity index (χ3n) is 1.74. The van der Waals surface area contributed by atoms with Gasteiger partial charge in [0.2, 0.25) is 0 Å². The Labute approximate surface area is 91.8 Å². The van der Waals surface area contributed by atoms with Crippen molar-refractivity contribution in [1.82, 2.24) is 15.5 Å². The van der Waals surface area contributed by atoms with Gasteiger partial charge in [0, 0.05) is 18.0 Å². The van der Waals surface area contributed by atoms with Gasteiger partial charge in [-0.15, -0.1) is 11.6 Å². The van der Waals surface area contributed by atoms with E-state index in [0.717, 1.165) is 0 Å². The van der Waals surface area contributed by atoms with Gasteiger partial charge in [0.25, 0.3) is 11.5 Å². The summed E-state index contributed by atoms with van der Waals surface area (Å²) in [5.74, 6) is -0.316. The fraction of sp³-hybridized carbons (Fsp3) is 0.444. The van der Waals surface area contributed by atoms with Gasteiger partial charge in [-0.1, -0.05) is 0 Å². The van der Waals surface area contributed by atoms with Crippen LogP contribution in [0.2, 0.25) is 0 Å². The Balaban J connectivity index is 2.47. The molecule has 0 radical (unpaired) electrons. The zero-order valence-corrected chi connectivity index (χ0v) is 9.04. The molecule has 1 heterocycles. The Morgan fingerprint density at radius 1 is 1.67 bits per heavy atom. The molecule has 5 nitrogen and oxygen atoms in total. The second kappa shape index (κ2) is 5.50. The number of halogens is 1. The van der Waals surface area contributed by atoms with Crippen LogP contribution in [-0.2, 0) is 0 Å². The van der Waals surface area contributed by atoms with Gasteiger partial charge in [0.15, 0.2) is 0 Å². The maximum Gasteiger partial charge on any atom is 0.271 e. The maximum atomic E-state index is 11.4. The minimum absolute atomic E-state index is 0.0221. The molecule has 0 saturated carbocycles.